The number of aromatic amines is 1. The van der Waals surface area contributed by atoms with Crippen LogP contribution in [0.3, 0.4) is 0 Å². The average molecular weight is 459 g/mol. The van der Waals surface area contributed by atoms with Crippen LogP contribution in [0, 0.1) is 6.92 Å². The molecule has 0 atom stereocenters. The highest BCUT2D eigenvalue weighted by Gasteiger charge is 2.15. The fraction of sp³-hybridized carbons (Fsp3) is 0.269. The molecule has 0 aliphatic carbocycles. The SMILES string of the molecule is CCCCc1nc(C)c(CC=O)c(=O)n1Cc1ccc(-c2ccccc2-c2noc(=O)[nH]2)cc1. The van der Waals surface area contributed by atoms with E-state index in [1.54, 1.807) is 11.5 Å². The predicted molar refractivity (Wildman–Crippen MR) is 129 cm³/mol. The summed E-state index contributed by atoms with van der Waals surface area (Å²) in [5.74, 6) is 0.499. The van der Waals surface area contributed by atoms with Gasteiger partial charge in [-0.1, -0.05) is 67.0 Å². The van der Waals surface area contributed by atoms with Crippen molar-refractivity contribution in [3.63, 3.8) is 0 Å². The van der Waals surface area contributed by atoms with Gasteiger partial charge in [0, 0.05) is 29.7 Å². The van der Waals surface area contributed by atoms with Crippen LogP contribution in [0.25, 0.3) is 22.5 Å². The van der Waals surface area contributed by atoms with Gasteiger partial charge in [0.05, 0.1) is 6.54 Å². The molecule has 8 heteroatoms. The molecule has 34 heavy (non-hydrogen) atoms. The molecule has 1 N–H and O–H groups in total. The van der Waals surface area contributed by atoms with Gasteiger partial charge in [0.15, 0.2) is 5.82 Å². The molecule has 4 rings (SSSR count). The molecule has 4 aromatic rings. The maximum atomic E-state index is 13.2. The predicted octanol–water partition coefficient (Wildman–Crippen LogP) is 3.69. The van der Waals surface area contributed by atoms with E-state index >= 15 is 0 Å². The number of H-pyrrole nitrogens is 1. The molecule has 0 aliphatic rings. The second-order valence-corrected chi connectivity index (χ2v) is 8.14. The molecule has 174 valence electrons. The Morgan fingerprint density at radius 1 is 1.06 bits per heavy atom. The lowest BCUT2D eigenvalue weighted by Crippen LogP contribution is -2.30. The Morgan fingerprint density at radius 3 is 2.44 bits per heavy atom. The van der Waals surface area contributed by atoms with Gasteiger partial charge in [-0.05, 0) is 30.0 Å². The Bertz CT molecular complexity index is 1410. The summed E-state index contributed by atoms with van der Waals surface area (Å²) in [5.41, 5.74) is 4.43. The molecule has 0 amide bonds. The zero-order valence-corrected chi connectivity index (χ0v) is 19.2. The van der Waals surface area contributed by atoms with Crippen molar-refractivity contribution in [1.29, 1.82) is 0 Å². The summed E-state index contributed by atoms with van der Waals surface area (Å²) in [6.45, 7) is 4.26. The molecule has 2 heterocycles. The number of benzene rings is 2. The first kappa shape index (κ1) is 23.1. The van der Waals surface area contributed by atoms with Crippen molar-refractivity contribution in [2.75, 3.05) is 0 Å². The average Bonchev–Trinajstić information content (AvgIpc) is 3.29. The maximum Gasteiger partial charge on any atom is 0.439 e. The van der Waals surface area contributed by atoms with Crippen LogP contribution in [0.1, 0.15) is 42.4 Å². The number of nitrogens with zero attached hydrogens (tertiary/aromatic N) is 3. The summed E-state index contributed by atoms with van der Waals surface area (Å²) in [4.78, 5) is 42.9. The van der Waals surface area contributed by atoms with Gasteiger partial charge in [0.2, 0.25) is 0 Å². The first-order chi connectivity index (χ1) is 16.5. The van der Waals surface area contributed by atoms with Gasteiger partial charge in [0.25, 0.3) is 5.56 Å². The number of aryl methyl sites for hydroxylation is 2. The first-order valence-corrected chi connectivity index (χ1v) is 11.3. The third-order valence-corrected chi connectivity index (χ3v) is 5.82. The van der Waals surface area contributed by atoms with Crippen molar-refractivity contribution in [1.82, 2.24) is 19.7 Å². The van der Waals surface area contributed by atoms with Gasteiger partial charge >= 0.3 is 5.76 Å². The molecular formula is C26H26N4O4. The van der Waals surface area contributed by atoms with Crippen molar-refractivity contribution in [2.24, 2.45) is 0 Å². The molecule has 0 bridgehead atoms. The van der Waals surface area contributed by atoms with Crippen LogP contribution in [0.2, 0.25) is 0 Å². The zero-order valence-electron chi connectivity index (χ0n) is 19.2. The minimum absolute atomic E-state index is 0.0611. The minimum atomic E-state index is -0.606. The number of aromatic nitrogens is 4. The summed E-state index contributed by atoms with van der Waals surface area (Å²) in [5, 5.41) is 3.81. The van der Waals surface area contributed by atoms with Gasteiger partial charge in [-0.3, -0.25) is 18.9 Å². The fourth-order valence-electron chi connectivity index (χ4n) is 4.02. The monoisotopic (exact) mass is 458 g/mol. The highest BCUT2D eigenvalue weighted by molar-refractivity contribution is 5.80. The molecule has 2 aromatic carbocycles. The highest BCUT2D eigenvalue weighted by Crippen LogP contribution is 2.29. The second kappa shape index (κ2) is 10.2. The van der Waals surface area contributed by atoms with Crippen LogP contribution < -0.4 is 11.3 Å². The lowest BCUT2D eigenvalue weighted by molar-refractivity contribution is -0.107. The Kier molecular flexibility index (Phi) is 6.96. The molecule has 2 aromatic heterocycles. The fourth-order valence-corrected chi connectivity index (χ4v) is 4.02. The number of nitrogens with one attached hydrogen (secondary N) is 1. The number of rotatable bonds is 9. The van der Waals surface area contributed by atoms with E-state index in [1.165, 1.54) is 0 Å². The molecule has 0 radical (unpaired) electrons. The van der Waals surface area contributed by atoms with Crippen LogP contribution in [0.5, 0.6) is 0 Å². The van der Waals surface area contributed by atoms with Gasteiger partial charge in [-0.25, -0.2) is 9.78 Å². The normalized spacial score (nSPS) is 11.0. The molecule has 0 aliphatic heterocycles. The molecule has 0 spiro atoms. The van der Waals surface area contributed by atoms with Crippen molar-refractivity contribution >= 4 is 6.29 Å². The summed E-state index contributed by atoms with van der Waals surface area (Å²) in [7, 11) is 0. The third-order valence-electron chi connectivity index (χ3n) is 5.82. The Hall–Kier alpha value is -4.07. The quantitative estimate of drug-likeness (QED) is 0.383. The van der Waals surface area contributed by atoms with Crippen LogP contribution in [0.15, 0.2) is 62.6 Å². The molecule has 8 nitrogen and oxygen atoms in total. The van der Waals surface area contributed by atoms with Crippen LogP contribution in [-0.2, 0) is 24.2 Å². The molecule has 0 fully saturated rings. The maximum absolute atomic E-state index is 13.2. The van der Waals surface area contributed by atoms with E-state index in [-0.39, 0.29) is 12.0 Å². The minimum Gasteiger partial charge on any atom is -0.303 e. The third kappa shape index (κ3) is 4.80. The van der Waals surface area contributed by atoms with Crippen LogP contribution in [-0.4, -0.2) is 26.0 Å². The second-order valence-electron chi connectivity index (χ2n) is 8.14. The first-order valence-electron chi connectivity index (χ1n) is 11.3. The van der Waals surface area contributed by atoms with Crippen molar-refractivity contribution < 1.29 is 9.32 Å². The van der Waals surface area contributed by atoms with Gasteiger partial charge in [-0.2, -0.15) is 0 Å². The number of unbranched alkanes of at least 4 members (excludes halogenated alkanes) is 1. The number of hydrogen-bond donors (Lipinski definition) is 1. The van der Waals surface area contributed by atoms with E-state index < -0.39 is 5.76 Å². The topological polar surface area (TPSA) is 111 Å². The number of aldehydes is 1. The van der Waals surface area contributed by atoms with Crippen LogP contribution >= 0.6 is 0 Å². The smallest absolute Gasteiger partial charge is 0.303 e. The van der Waals surface area contributed by atoms with Crippen molar-refractivity contribution in [3.8, 4) is 22.5 Å². The number of carbonyl (C=O) groups is 1. The summed E-state index contributed by atoms with van der Waals surface area (Å²) in [6.07, 6.45) is 3.44. The molecule has 0 saturated carbocycles. The Balaban J connectivity index is 1.68. The summed E-state index contributed by atoms with van der Waals surface area (Å²) < 4.78 is 6.34. The summed E-state index contributed by atoms with van der Waals surface area (Å²) in [6, 6.07) is 15.5. The standard InChI is InChI=1S/C26H26N4O4/c1-3-4-9-23-27-17(2)20(14-15-31)25(32)30(23)16-18-10-12-19(13-11-18)21-7-5-6-8-22(21)24-28-26(33)34-29-24/h5-8,10-13,15H,3-4,9,14,16H2,1-2H3,(H,28,29,33). The lowest BCUT2D eigenvalue weighted by atomic mass is 9.98. The highest BCUT2D eigenvalue weighted by atomic mass is 16.5. The molecule has 0 unspecified atom stereocenters. The summed E-state index contributed by atoms with van der Waals surface area (Å²) >= 11 is 0. The van der Waals surface area contributed by atoms with E-state index in [2.05, 4.69) is 26.6 Å². The van der Waals surface area contributed by atoms with Crippen LogP contribution in [0.4, 0.5) is 0 Å². The van der Waals surface area contributed by atoms with E-state index in [0.717, 1.165) is 47.2 Å². The number of hydrogen-bond acceptors (Lipinski definition) is 6. The Labute approximate surface area is 196 Å². The van der Waals surface area contributed by atoms with E-state index in [0.29, 0.717) is 30.0 Å². The van der Waals surface area contributed by atoms with E-state index in [4.69, 9.17) is 0 Å². The molecule has 0 saturated heterocycles. The van der Waals surface area contributed by atoms with E-state index in [1.807, 2.05) is 48.5 Å². The largest absolute Gasteiger partial charge is 0.439 e. The zero-order chi connectivity index (χ0) is 24.1. The molecular weight excluding hydrogens is 432 g/mol. The Morgan fingerprint density at radius 2 is 1.79 bits per heavy atom. The van der Waals surface area contributed by atoms with Gasteiger partial charge in [0.1, 0.15) is 12.1 Å². The van der Waals surface area contributed by atoms with Gasteiger partial charge < -0.3 is 4.79 Å². The number of carbonyl (C=O) groups excluding carboxylic acids is 1. The van der Waals surface area contributed by atoms with Crippen molar-refractivity contribution in [2.45, 2.75) is 46.1 Å². The lowest BCUT2D eigenvalue weighted by Gasteiger charge is -2.16. The van der Waals surface area contributed by atoms with Gasteiger partial charge in [-0.15, -0.1) is 0 Å². The van der Waals surface area contributed by atoms with E-state index in [9.17, 15) is 14.4 Å². The van der Waals surface area contributed by atoms with Crippen molar-refractivity contribution in [3.05, 3.63) is 92.1 Å².